The van der Waals surface area contributed by atoms with Crippen LogP contribution in [0, 0.1) is 0 Å². The number of hydrazone groups is 1. The summed E-state index contributed by atoms with van der Waals surface area (Å²) in [6.07, 6.45) is 6.58. The standard InChI is InChI=1S/C32H39N5O4/c1-5-37-31(39)36-16-13-22-19-24(40-3)21-28(41-4)25(22)10-8-12-29(36)32(37)14-17-35(18-15-32)30(38)26-20-23-9-6-7-11-27(23)34(2)33-26/h6-7,9,11-12,19,21H,5,8,10,13-18,20H2,1-4H3/b29-12-. The third kappa shape index (κ3) is 4.51. The molecule has 2 aromatic rings. The van der Waals surface area contributed by atoms with Crippen LogP contribution in [0.3, 0.4) is 0 Å². The molecule has 0 N–H and O–H groups in total. The van der Waals surface area contributed by atoms with Crippen LogP contribution in [0.25, 0.3) is 0 Å². The minimum atomic E-state index is -0.404. The maximum atomic E-state index is 13.9. The number of piperidine rings is 1. The van der Waals surface area contributed by atoms with Crippen LogP contribution in [0.1, 0.15) is 42.9 Å². The molecule has 9 nitrogen and oxygen atoms in total. The van der Waals surface area contributed by atoms with Crippen molar-refractivity contribution < 1.29 is 19.1 Å². The van der Waals surface area contributed by atoms with E-state index in [1.165, 1.54) is 5.56 Å². The number of anilines is 1. The second-order valence-corrected chi connectivity index (χ2v) is 11.2. The van der Waals surface area contributed by atoms with Gasteiger partial charge in [-0.05, 0) is 67.9 Å². The molecule has 0 unspecified atom stereocenters. The van der Waals surface area contributed by atoms with E-state index < -0.39 is 5.54 Å². The Morgan fingerprint density at radius 2 is 1.80 bits per heavy atom. The molecule has 2 fully saturated rings. The summed E-state index contributed by atoms with van der Waals surface area (Å²) in [7, 11) is 5.25. The fourth-order valence-electron chi connectivity index (χ4n) is 7.18. The fourth-order valence-corrected chi connectivity index (χ4v) is 7.18. The highest BCUT2D eigenvalue weighted by atomic mass is 16.5. The lowest BCUT2D eigenvalue weighted by Gasteiger charge is -2.44. The van der Waals surface area contributed by atoms with Gasteiger partial charge in [0.05, 0.1) is 25.4 Å². The quantitative estimate of drug-likeness (QED) is 0.562. The van der Waals surface area contributed by atoms with Crippen molar-refractivity contribution >= 4 is 23.3 Å². The molecule has 4 aliphatic heterocycles. The monoisotopic (exact) mass is 557 g/mol. The minimum absolute atomic E-state index is 0.00892. The van der Waals surface area contributed by atoms with E-state index in [1.807, 2.05) is 46.0 Å². The van der Waals surface area contributed by atoms with Gasteiger partial charge < -0.3 is 19.3 Å². The van der Waals surface area contributed by atoms with Crippen molar-refractivity contribution in [3.8, 4) is 11.5 Å². The van der Waals surface area contributed by atoms with Crippen LogP contribution >= 0.6 is 0 Å². The Labute approximate surface area is 242 Å². The number of urea groups is 1. The molecule has 0 atom stereocenters. The Balaban J connectivity index is 1.24. The van der Waals surface area contributed by atoms with Crippen molar-refractivity contribution in [1.29, 1.82) is 0 Å². The number of ether oxygens (including phenoxy) is 2. The fraction of sp³-hybridized carbons (Fsp3) is 0.469. The van der Waals surface area contributed by atoms with Crippen LogP contribution in [0.4, 0.5) is 10.5 Å². The van der Waals surface area contributed by atoms with Crippen molar-refractivity contribution in [2.45, 2.75) is 51.0 Å². The van der Waals surface area contributed by atoms with E-state index in [0.717, 1.165) is 53.3 Å². The molecule has 3 amide bonds. The van der Waals surface area contributed by atoms with Gasteiger partial charge in [-0.2, -0.15) is 5.10 Å². The van der Waals surface area contributed by atoms with E-state index in [0.29, 0.717) is 51.2 Å². The SMILES string of the molecule is CCN1C(=O)N2CCc3cc(OC)cc(OC)c3CC/C=C\2C12CCN(C(=O)C1=NN(C)c3ccccc3C1)CC2. The number of carbonyl (C=O) groups is 2. The number of allylic oxidation sites excluding steroid dienone is 1. The molecule has 2 saturated heterocycles. The van der Waals surface area contributed by atoms with Gasteiger partial charge in [0.1, 0.15) is 17.2 Å². The van der Waals surface area contributed by atoms with Crippen LogP contribution < -0.4 is 14.5 Å². The average molecular weight is 558 g/mol. The number of rotatable bonds is 4. The van der Waals surface area contributed by atoms with Gasteiger partial charge >= 0.3 is 6.03 Å². The molecule has 9 heteroatoms. The Hall–Kier alpha value is -4.01. The zero-order chi connectivity index (χ0) is 28.7. The van der Waals surface area contributed by atoms with Gasteiger partial charge in [0, 0.05) is 51.4 Å². The third-order valence-corrected chi connectivity index (χ3v) is 9.22. The second kappa shape index (κ2) is 10.8. The largest absolute Gasteiger partial charge is 0.497 e. The maximum absolute atomic E-state index is 13.9. The molecule has 0 saturated carbocycles. The summed E-state index contributed by atoms with van der Waals surface area (Å²) in [5, 5.41) is 6.43. The van der Waals surface area contributed by atoms with Crippen molar-refractivity contribution in [2.24, 2.45) is 5.10 Å². The first-order valence-electron chi connectivity index (χ1n) is 14.6. The van der Waals surface area contributed by atoms with E-state index in [4.69, 9.17) is 9.47 Å². The Morgan fingerprint density at radius 3 is 2.54 bits per heavy atom. The van der Waals surface area contributed by atoms with Gasteiger partial charge in [-0.1, -0.05) is 24.3 Å². The Morgan fingerprint density at radius 1 is 1.02 bits per heavy atom. The first kappa shape index (κ1) is 27.2. The summed E-state index contributed by atoms with van der Waals surface area (Å²) in [5.41, 5.74) is 5.75. The van der Waals surface area contributed by atoms with Crippen LogP contribution in [0.15, 0.2) is 53.3 Å². The lowest BCUT2D eigenvalue weighted by Crippen LogP contribution is -2.55. The molecule has 41 heavy (non-hydrogen) atoms. The predicted molar refractivity (Wildman–Crippen MR) is 159 cm³/mol. The van der Waals surface area contributed by atoms with E-state index in [2.05, 4.69) is 30.2 Å². The van der Waals surface area contributed by atoms with Crippen LogP contribution in [0.2, 0.25) is 0 Å². The van der Waals surface area contributed by atoms with Gasteiger partial charge in [-0.3, -0.25) is 14.7 Å². The van der Waals surface area contributed by atoms with Gasteiger partial charge in [0.2, 0.25) is 0 Å². The number of nitrogens with zero attached hydrogens (tertiary/aromatic N) is 5. The summed E-state index contributed by atoms with van der Waals surface area (Å²) < 4.78 is 11.3. The molecule has 0 aromatic heterocycles. The van der Waals surface area contributed by atoms with E-state index in [1.54, 1.807) is 19.2 Å². The number of hydrogen-bond donors (Lipinski definition) is 0. The minimum Gasteiger partial charge on any atom is -0.497 e. The van der Waals surface area contributed by atoms with E-state index in [-0.39, 0.29) is 11.9 Å². The first-order chi connectivity index (χ1) is 19.9. The number of carbonyl (C=O) groups excluding carboxylic acids is 2. The summed E-state index contributed by atoms with van der Waals surface area (Å²) in [5.74, 6) is 1.59. The molecule has 6 rings (SSSR count). The molecule has 4 heterocycles. The van der Waals surface area contributed by atoms with E-state index in [9.17, 15) is 9.59 Å². The second-order valence-electron chi connectivity index (χ2n) is 11.2. The Bertz CT molecular complexity index is 1430. The number of fused-ring (bicyclic) bond motifs is 4. The molecular weight excluding hydrogens is 518 g/mol. The molecule has 0 bridgehead atoms. The third-order valence-electron chi connectivity index (χ3n) is 9.22. The molecule has 216 valence electrons. The number of methoxy groups -OCH3 is 2. The van der Waals surface area contributed by atoms with Crippen molar-refractivity contribution in [2.75, 3.05) is 52.5 Å². The molecule has 4 aliphatic rings. The van der Waals surface area contributed by atoms with Crippen LogP contribution in [-0.2, 0) is 24.1 Å². The zero-order valence-electron chi connectivity index (χ0n) is 24.5. The normalized spacial score (nSPS) is 21.1. The lowest BCUT2D eigenvalue weighted by atomic mass is 9.82. The Kier molecular flexibility index (Phi) is 7.13. The number of amides is 3. The molecule has 1 spiro atoms. The number of benzene rings is 2. The smallest absolute Gasteiger partial charge is 0.325 e. The highest BCUT2D eigenvalue weighted by Gasteiger charge is 2.54. The summed E-state index contributed by atoms with van der Waals surface area (Å²) >= 11 is 0. The number of likely N-dealkylation sites (N-methyl/N-ethyl adjacent to an activating group) is 1. The first-order valence-corrected chi connectivity index (χ1v) is 14.6. The summed E-state index contributed by atoms with van der Waals surface area (Å²) in [6.45, 7) is 4.46. The van der Waals surface area contributed by atoms with Gasteiger partial charge in [0.25, 0.3) is 5.91 Å². The van der Waals surface area contributed by atoms with Crippen LogP contribution in [0.5, 0.6) is 11.5 Å². The summed E-state index contributed by atoms with van der Waals surface area (Å²) in [6, 6.07) is 12.2. The topological polar surface area (TPSA) is 77.9 Å². The zero-order valence-corrected chi connectivity index (χ0v) is 24.5. The number of para-hydroxylation sites is 1. The summed E-state index contributed by atoms with van der Waals surface area (Å²) in [4.78, 5) is 33.4. The number of hydrogen-bond acceptors (Lipinski definition) is 6. The average Bonchev–Trinajstić information content (AvgIpc) is 3.26. The predicted octanol–water partition coefficient (Wildman–Crippen LogP) is 4.24. The molecule has 0 aliphatic carbocycles. The van der Waals surface area contributed by atoms with Crippen molar-refractivity contribution in [3.63, 3.8) is 0 Å². The highest BCUT2D eigenvalue weighted by Crippen LogP contribution is 2.45. The van der Waals surface area contributed by atoms with Gasteiger partial charge in [-0.25, -0.2) is 4.79 Å². The van der Waals surface area contributed by atoms with Gasteiger partial charge in [0.15, 0.2) is 0 Å². The van der Waals surface area contributed by atoms with E-state index >= 15 is 0 Å². The molecule has 0 radical (unpaired) electrons. The van der Waals surface area contributed by atoms with Gasteiger partial charge in [-0.15, -0.1) is 0 Å². The molecular formula is C32H39N5O4. The maximum Gasteiger partial charge on any atom is 0.325 e. The van der Waals surface area contributed by atoms with Crippen molar-refractivity contribution in [1.82, 2.24) is 14.7 Å². The highest BCUT2D eigenvalue weighted by molar-refractivity contribution is 6.39. The van der Waals surface area contributed by atoms with Crippen LogP contribution in [-0.4, -0.2) is 85.3 Å². The lowest BCUT2D eigenvalue weighted by molar-refractivity contribution is -0.126. The number of likely N-dealkylation sites (tertiary alicyclic amines) is 1. The van der Waals surface area contributed by atoms with Crippen molar-refractivity contribution in [3.05, 3.63) is 64.9 Å². The molecule has 2 aromatic carbocycles.